The van der Waals surface area contributed by atoms with E-state index in [2.05, 4.69) is 10.2 Å². The summed E-state index contributed by atoms with van der Waals surface area (Å²) in [5.74, 6) is 0.319. The van der Waals surface area contributed by atoms with Crippen LogP contribution in [0.4, 0.5) is 0 Å². The molecule has 1 aromatic rings. The normalized spacial score (nSPS) is 14.2. The lowest BCUT2D eigenvalue weighted by Gasteiger charge is -2.20. The molecule has 0 amide bonds. The van der Waals surface area contributed by atoms with Gasteiger partial charge in [0.05, 0.1) is 6.20 Å². The van der Waals surface area contributed by atoms with Crippen LogP contribution in [0.1, 0.15) is 25.8 Å². The summed E-state index contributed by atoms with van der Waals surface area (Å²) >= 11 is 0. The average Bonchev–Trinajstić information content (AvgIpc) is 2.77. The first kappa shape index (κ1) is 14.1. The van der Waals surface area contributed by atoms with Gasteiger partial charge in [0.25, 0.3) is 10.0 Å². The van der Waals surface area contributed by atoms with Crippen LogP contribution in [0.5, 0.6) is 0 Å². The summed E-state index contributed by atoms with van der Waals surface area (Å²) in [6.45, 7) is 4.69. The fourth-order valence-electron chi connectivity index (χ4n) is 1.49. The lowest BCUT2D eigenvalue weighted by Crippen LogP contribution is -2.32. The molecule has 1 unspecified atom stereocenters. The first-order valence-electron chi connectivity index (χ1n) is 5.62. The van der Waals surface area contributed by atoms with Gasteiger partial charge in [-0.25, -0.2) is 8.42 Å². The SMILES string of the molecule is CCC(C)CN(C)S(=O)(=O)c1[nH]ncc1CN. The Kier molecular flexibility index (Phi) is 4.67. The predicted molar refractivity (Wildman–Crippen MR) is 65.7 cm³/mol. The van der Waals surface area contributed by atoms with E-state index in [-0.39, 0.29) is 11.6 Å². The second-order valence-corrected chi connectivity index (χ2v) is 6.21. The van der Waals surface area contributed by atoms with E-state index in [1.165, 1.54) is 10.5 Å². The molecule has 7 heteroatoms. The van der Waals surface area contributed by atoms with Gasteiger partial charge in [0.2, 0.25) is 0 Å². The van der Waals surface area contributed by atoms with Gasteiger partial charge in [-0.15, -0.1) is 0 Å². The maximum absolute atomic E-state index is 12.2. The van der Waals surface area contributed by atoms with Crippen molar-refractivity contribution >= 4 is 10.0 Å². The van der Waals surface area contributed by atoms with E-state index in [9.17, 15) is 8.42 Å². The first-order chi connectivity index (χ1) is 7.93. The Labute approximate surface area is 102 Å². The number of aromatic amines is 1. The Morgan fingerprint density at radius 2 is 2.24 bits per heavy atom. The zero-order chi connectivity index (χ0) is 13.1. The van der Waals surface area contributed by atoms with Crippen LogP contribution in [0.2, 0.25) is 0 Å². The molecule has 0 spiro atoms. The van der Waals surface area contributed by atoms with E-state index in [4.69, 9.17) is 5.73 Å². The highest BCUT2D eigenvalue weighted by atomic mass is 32.2. The molecule has 0 bridgehead atoms. The van der Waals surface area contributed by atoms with Crippen molar-refractivity contribution in [2.45, 2.75) is 31.8 Å². The van der Waals surface area contributed by atoms with Gasteiger partial charge in [0, 0.05) is 25.7 Å². The number of H-pyrrole nitrogens is 1. The molecule has 1 heterocycles. The van der Waals surface area contributed by atoms with Gasteiger partial charge < -0.3 is 5.73 Å². The molecule has 0 radical (unpaired) electrons. The molecule has 1 aromatic heterocycles. The highest BCUT2D eigenvalue weighted by molar-refractivity contribution is 7.89. The third kappa shape index (κ3) is 3.05. The first-order valence-corrected chi connectivity index (χ1v) is 7.06. The van der Waals surface area contributed by atoms with Gasteiger partial charge in [-0.1, -0.05) is 20.3 Å². The van der Waals surface area contributed by atoms with Crippen LogP contribution < -0.4 is 5.73 Å². The zero-order valence-corrected chi connectivity index (χ0v) is 11.3. The van der Waals surface area contributed by atoms with Crippen molar-refractivity contribution in [2.24, 2.45) is 11.7 Å². The van der Waals surface area contributed by atoms with Crippen molar-refractivity contribution in [1.29, 1.82) is 0 Å². The maximum Gasteiger partial charge on any atom is 0.260 e. The number of hydrogen-bond acceptors (Lipinski definition) is 4. The number of aromatic nitrogens is 2. The van der Waals surface area contributed by atoms with Gasteiger partial charge in [-0.05, 0) is 5.92 Å². The van der Waals surface area contributed by atoms with Crippen LogP contribution in [0, 0.1) is 5.92 Å². The Morgan fingerprint density at radius 1 is 1.59 bits per heavy atom. The predicted octanol–water partition coefficient (Wildman–Crippen LogP) is 0.535. The van der Waals surface area contributed by atoms with Crippen LogP contribution in [-0.2, 0) is 16.6 Å². The molecule has 1 rings (SSSR count). The van der Waals surface area contributed by atoms with Crippen LogP contribution in [0.15, 0.2) is 11.2 Å². The van der Waals surface area contributed by atoms with Crippen molar-refractivity contribution in [3.63, 3.8) is 0 Å². The number of nitrogens with zero attached hydrogens (tertiary/aromatic N) is 2. The van der Waals surface area contributed by atoms with Crippen LogP contribution >= 0.6 is 0 Å². The second kappa shape index (κ2) is 5.61. The second-order valence-electron chi connectivity index (χ2n) is 4.23. The summed E-state index contributed by atoms with van der Waals surface area (Å²) in [6.07, 6.45) is 2.39. The third-order valence-electron chi connectivity index (χ3n) is 2.83. The zero-order valence-electron chi connectivity index (χ0n) is 10.5. The average molecular weight is 260 g/mol. The summed E-state index contributed by atoms with van der Waals surface area (Å²) in [5.41, 5.74) is 5.99. The molecular formula is C10H20N4O2S. The molecule has 0 fully saturated rings. The number of sulfonamides is 1. The van der Waals surface area contributed by atoms with Gasteiger partial charge in [-0.3, -0.25) is 5.10 Å². The van der Waals surface area contributed by atoms with E-state index < -0.39 is 10.0 Å². The third-order valence-corrected chi connectivity index (χ3v) is 4.67. The molecule has 0 aromatic carbocycles. The molecule has 17 heavy (non-hydrogen) atoms. The molecule has 0 aliphatic rings. The maximum atomic E-state index is 12.2. The summed E-state index contributed by atoms with van der Waals surface area (Å²) in [4.78, 5) is 0. The molecule has 3 N–H and O–H groups in total. The molecule has 98 valence electrons. The van der Waals surface area contributed by atoms with Crippen molar-refractivity contribution in [3.8, 4) is 0 Å². The standard InChI is InChI=1S/C10H20N4O2S/c1-4-8(2)7-14(3)17(15,16)10-9(5-11)6-12-13-10/h6,8H,4-5,7,11H2,1-3H3,(H,12,13). The Bertz CT molecular complexity index is 455. The highest BCUT2D eigenvalue weighted by Crippen LogP contribution is 2.17. The fraction of sp³-hybridized carbons (Fsp3) is 0.700. The lowest BCUT2D eigenvalue weighted by atomic mass is 10.1. The van der Waals surface area contributed by atoms with Crippen molar-refractivity contribution < 1.29 is 8.42 Å². The van der Waals surface area contributed by atoms with Crippen molar-refractivity contribution in [1.82, 2.24) is 14.5 Å². The summed E-state index contributed by atoms with van der Waals surface area (Å²) in [7, 11) is -1.94. The summed E-state index contributed by atoms with van der Waals surface area (Å²) in [5, 5.41) is 6.34. The highest BCUT2D eigenvalue weighted by Gasteiger charge is 2.26. The molecule has 0 saturated heterocycles. The van der Waals surface area contributed by atoms with Gasteiger partial charge in [0.1, 0.15) is 0 Å². The van der Waals surface area contributed by atoms with E-state index in [1.54, 1.807) is 7.05 Å². The summed E-state index contributed by atoms with van der Waals surface area (Å²) < 4.78 is 25.8. The van der Waals surface area contributed by atoms with Crippen molar-refractivity contribution in [2.75, 3.05) is 13.6 Å². The van der Waals surface area contributed by atoms with E-state index in [0.717, 1.165) is 6.42 Å². The molecule has 0 saturated carbocycles. The minimum atomic E-state index is -3.51. The van der Waals surface area contributed by atoms with Crippen molar-refractivity contribution in [3.05, 3.63) is 11.8 Å². The van der Waals surface area contributed by atoms with Crippen LogP contribution in [0.25, 0.3) is 0 Å². The molecule has 0 aliphatic heterocycles. The van der Waals surface area contributed by atoms with Gasteiger partial charge >= 0.3 is 0 Å². The minimum Gasteiger partial charge on any atom is -0.326 e. The Hall–Kier alpha value is -0.920. The topological polar surface area (TPSA) is 92.1 Å². The number of hydrogen-bond donors (Lipinski definition) is 2. The lowest BCUT2D eigenvalue weighted by molar-refractivity contribution is 0.392. The van der Waals surface area contributed by atoms with E-state index in [1.807, 2.05) is 13.8 Å². The van der Waals surface area contributed by atoms with Gasteiger partial charge in [-0.2, -0.15) is 9.40 Å². The van der Waals surface area contributed by atoms with Crippen LogP contribution in [0.3, 0.4) is 0 Å². The van der Waals surface area contributed by atoms with E-state index >= 15 is 0 Å². The fourth-order valence-corrected chi connectivity index (χ4v) is 2.89. The molecule has 6 nitrogen and oxygen atoms in total. The minimum absolute atomic E-state index is 0.103. The molecule has 1 atom stereocenters. The Morgan fingerprint density at radius 3 is 2.76 bits per heavy atom. The quantitative estimate of drug-likeness (QED) is 0.780. The number of nitrogens with two attached hydrogens (primary N) is 1. The Balaban J connectivity index is 2.95. The largest absolute Gasteiger partial charge is 0.326 e. The van der Waals surface area contributed by atoms with Gasteiger partial charge in [0.15, 0.2) is 5.03 Å². The molecular weight excluding hydrogens is 240 g/mol. The monoisotopic (exact) mass is 260 g/mol. The van der Waals surface area contributed by atoms with Crippen LogP contribution in [-0.4, -0.2) is 36.5 Å². The van der Waals surface area contributed by atoms with E-state index in [0.29, 0.717) is 18.0 Å². The molecule has 0 aliphatic carbocycles. The number of nitrogens with one attached hydrogen (secondary N) is 1. The smallest absolute Gasteiger partial charge is 0.260 e. The summed E-state index contributed by atoms with van der Waals surface area (Å²) in [6, 6.07) is 0. The number of rotatable bonds is 6.